The quantitative estimate of drug-likeness (QED) is 0.716. The molecule has 76 valence electrons. The second kappa shape index (κ2) is 4.83. The van der Waals surface area contributed by atoms with Gasteiger partial charge in [-0.3, -0.25) is 0 Å². The molecule has 0 bridgehead atoms. The lowest BCUT2D eigenvalue weighted by molar-refractivity contribution is 0.190. The topological polar surface area (TPSA) is 75.3 Å². The van der Waals surface area contributed by atoms with E-state index in [0.29, 0.717) is 10.6 Å². The second-order valence-electron chi connectivity index (χ2n) is 2.76. The zero-order valence-corrected chi connectivity index (χ0v) is 8.16. The minimum atomic E-state index is -1.11. The molecule has 1 unspecified atom stereocenters. The number of hydrogen-bond donors (Lipinski definition) is 3. The maximum atomic E-state index is 10.4. The Labute approximate surface area is 86.7 Å². The highest BCUT2D eigenvalue weighted by Crippen LogP contribution is 2.21. The molecular weight excluding hydrogens is 204 g/mol. The van der Waals surface area contributed by atoms with Gasteiger partial charge in [-0.1, -0.05) is 29.8 Å². The summed E-state index contributed by atoms with van der Waals surface area (Å²) in [6.45, 7) is 0.177. The van der Waals surface area contributed by atoms with Crippen LogP contribution in [0.4, 0.5) is 4.79 Å². The summed E-state index contributed by atoms with van der Waals surface area (Å²) in [7, 11) is 0. The summed E-state index contributed by atoms with van der Waals surface area (Å²) in [6, 6.07) is 6.55. The lowest BCUT2D eigenvalue weighted by atomic mass is 10.1. The predicted molar refractivity (Wildman–Crippen MR) is 54.4 cm³/mol. The SMILES string of the molecule is NCC(NC(=O)O)c1ccccc1Cl. The fourth-order valence-electron chi connectivity index (χ4n) is 1.17. The zero-order chi connectivity index (χ0) is 10.6. The number of nitrogens with one attached hydrogen (secondary N) is 1. The number of benzene rings is 1. The highest BCUT2D eigenvalue weighted by Gasteiger charge is 2.14. The lowest BCUT2D eigenvalue weighted by Crippen LogP contribution is -2.32. The van der Waals surface area contributed by atoms with Crippen molar-refractivity contribution in [2.45, 2.75) is 6.04 Å². The average molecular weight is 215 g/mol. The lowest BCUT2D eigenvalue weighted by Gasteiger charge is -2.16. The van der Waals surface area contributed by atoms with Crippen molar-refractivity contribution in [3.8, 4) is 0 Å². The third-order valence-corrected chi connectivity index (χ3v) is 2.16. The molecule has 0 radical (unpaired) electrons. The van der Waals surface area contributed by atoms with Gasteiger partial charge < -0.3 is 16.2 Å². The van der Waals surface area contributed by atoms with Gasteiger partial charge in [-0.15, -0.1) is 0 Å². The van der Waals surface area contributed by atoms with E-state index >= 15 is 0 Å². The van der Waals surface area contributed by atoms with Gasteiger partial charge >= 0.3 is 6.09 Å². The van der Waals surface area contributed by atoms with E-state index in [9.17, 15) is 4.79 Å². The standard InChI is InChI=1S/C9H11ClN2O2/c10-7-4-2-1-3-6(7)8(5-11)12-9(13)14/h1-4,8,12H,5,11H2,(H,13,14). The van der Waals surface area contributed by atoms with Gasteiger partial charge in [0.2, 0.25) is 0 Å². The van der Waals surface area contributed by atoms with E-state index in [1.807, 2.05) is 0 Å². The van der Waals surface area contributed by atoms with Crippen molar-refractivity contribution in [3.63, 3.8) is 0 Å². The monoisotopic (exact) mass is 214 g/mol. The number of amides is 1. The first-order valence-corrected chi connectivity index (χ1v) is 4.47. The average Bonchev–Trinajstić information content (AvgIpc) is 2.15. The summed E-state index contributed by atoms with van der Waals surface area (Å²) in [5.74, 6) is 0. The molecule has 5 heteroatoms. The predicted octanol–water partition coefficient (Wildman–Crippen LogP) is 1.61. The number of nitrogens with two attached hydrogens (primary N) is 1. The third kappa shape index (κ3) is 2.61. The molecule has 0 aliphatic heterocycles. The van der Waals surface area contributed by atoms with Gasteiger partial charge in [-0.25, -0.2) is 4.79 Å². The first-order valence-electron chi connectivity index (χ1n) is 4.09. The number of carboxylic acid groups (broad SMARTS) is 1. The molecule has 0 heterocycles. The maximum absolute atomic E-state index is 10.4. The Balaban J connectivity index is 2.89. The van der Waals surface area contributed by atoms with Gasteiger partial charge in [-0.2, -0.15) is 0 Å². The summed E-state index contributed by atoms with van der Waals surface area (Å²) in [5.41, 5.74) is 6.13. The molecule has 14 heavy (non-hydrogen) atoms. The van der Waals surface area contributed by atoms with Gasteiger partial charge in [0.15, 0.2) is 0 Å². The Kier molecular flexibility index (Phi) is 3.73. The van der Waals surface area contributed by atoms with E-state index in [1.165, 1.54) is 0 Å². The summed E-state index contributed by atoms with van der Waals surface area (Å²) >= 11 is 5.89. The Hall–Kier alpha value is -1.26. The van der Waals surface area contributed by atoms with Crippen LogP contribution in [-0.2, 0) is 0 Å². The van der Waals surface area contributed by atoms with Crippen molar-refractivity contribution in [3.05, 3.63) is 34.9 Å². The molecule has 0 saturated heterocycles. The van der Waals surface area contributed by atoms with E-state index < -0.39 is 12.1 Å². The minimum Gasteiger partial charge on any atom is -0.465 e. The number of halogens is 1. The van der Waals surface area contributed by atoms with Gasteiger partial charge in [0.05, 0.1) is 6.04 Å². The van der Waals surface area contributed by atoms with Crippen LogP contribution >= 0.6 is 11.6 Å². The zero-order valence-electron chi connectivity index (χ0n) is 7.40. The second-order valence-corrected chi connectivity index (χ2v) is 3.17. The minimum absolute atomic E-state index is 0.177. The highest BCUT2D eigenvalue weighted by molar-refractivity contribution is 6.31. The first-order chi connectivity index (χ1) is 6.65. The van der Waals surface area contributed by atoms with Gasteiger partial charge in [0, 0.05) is 11.6 Å². The number of rotatable bonds is 3. The number of carbonyl (C=O) groups is 1. The molecule has 1 rings (SSSR count). The van der Waals surface area contributed by atoms with Crippen LogP contribution in [-0.4, -0.2) is 17.7 Å². The van der Waals surface area contributed by atoms with E-state index in [1.54, 1.807) is 24.3 Å². The van der Waals surface area contributed by atoms with Gasteiger partial charge in [0.1, 0.15) is 0 Å². The van der Waals surface area contributed by atoms with Crippen LogP contribution < -0.4 is 11.1 Å². The Bertz CT molecular complexity index is 330. The molecule has 1 amide bonds. The van der Waals surface area contributed by atoms with Crippen molar-refractivity contribution < 1.29 is 9.90 Å². The van der Waals surface area contributed by atoms with Crippen molar-refractivity contribution in [2.24, 2.45) is 5.73 Å². The Morgan fingerprint density at radius 3 is 2.71 bits per heavy atom. The van der Waals surface area contributed by atoms with Gasteiger partial charge in [0.25, 0.3) is 0 Å². The summed E-state index contributed by atoms with van der Waals surface area (Å²) in [4.78, 5) is 10.4. The molecular formula is C9H11ClN2O2. The van der Waals surface area contributed by atoms with Crippen molar-refractivity contribution in [1.82, 2.24) is 5.32 Å². The fourth-order valence-corrected chi connectivity index (χ4v) is 1.44. The maximum Gasteiger partial charge on any atom is 0.405 e. The molecule has 1 atom stereocenters. The van der Waals surface area contributed by atoms with E-state index in [0.717, 1.165) is 0 Å². The van der Waals surface area contributed by atoms with Crippen LogP contribution in [0.1, 0.15) is 11.6 Å². The molecule has 0 spiro atoms. The van der Waals surface area contributed by atoms with Crippen molar-refractivity contribution in [2.75, 3.05) is 6.54 Å². The normalized spacial score (nSPS) is 12.1. The Morgan fingerprint density at radius 2 is 2.21 bits per heavy atom. The number of hydrogen-bond acceptors (Lipinski definition) is 2. The van der Waals surface area contributed by atoms with E-state index in [2.05, 4.69) is 5.32 Å². The molecule has 0 aromatic heterocycles. The largest absolute Gasteiger partial charge is 0.465 e. The van der Waals surface area contributed by atoms with Crippen LogP contribution in [0.2, 0.25) is 5.02 Å². The molecule has 0 aliphatic rings. The highest BCUT2D eigenvalue weighted by atomic mass is 35.5. The fraction of sp³-hybridized carbons (Fsp3) is 0.222. The molecule has 4 N–H and O–H groups in total. The van der Waals surface area contributed by atoms with Crippen LogP contribution in [0.15, 0.2) is 24.3 Å². The summed E-state index contributed by atoms with van der Waals surface area (Å²) in [5, 5.41) is 11.4. The van der Waals surface area contributed by atoms with Crippen molar-refractivity contribution in [1.29, 1.82) is 0 Å². The smallest absolute Gasteiger partial charge is 0.405 e. The molecule has 1 aromatic carbocycles. The molecule has 4 nitrogen and oxygen atoms in total. The molecule has 0 aliphatic carbocycles. The molecule has 0 fully saturated rings. The van der Waals surface area contributed by atoms with Gasteiger partial charge in [-0.05, 0) is 11.6 Å². The first kappa shape index (κ1) is 10.8. The van der Waals surface area contributed by atoms with Crippen molar-refractivity contribution >= 4 is 17.7 Å². The van der Waals surface area contributed by atoms with E-state index in [-0.39, 0.29) is 6.54 Å². The summed E-state index contributed by atoms with van der Waals surface area (Å²) < 4.78 is 0. The molecule has 1 aromatic rings. The van der Waals surface area contributed by atoms with Crippen LogP contribution in [0.3, 0.4) is 0 Å². The summed E-state index contributed by atoms with van der Waals surface area (Å²) in [6.07, 6.45) is -1.11. The molecule has 0 saturated carbocycles. The Morgan fingerprint density at radius 1 is 1.57 bits per heavy atom. The third-order valence-electron chi connectivity index (χ3n) is 1.81. The van der Waals surface area contributed by atoms with Crippen LogP contribution in [0, 0.1) is 0 Å². The van der Waals surface area contributed by atoms with Crippen LogP contribution in [0.25, 0.3) is 0 Å². The van der Waals surface area contributed by atoms with E-state index in [4.69, 9.17) is 22.4 Å². The van der Waals surface area contributed by atoms with Crippen LogP contribution in [0.5, 0.6) is 0 Å².